The van der Waals surface area contributed by atoms with Gasteiger partial charge < -0.3 is 19.6 Å². The number of rotatable bonds is 4. The monoisotopic (exact) mass is 446 g/mol. The van der Waals surface area contributed by atoms with Crippen molar-refractivity contribution in [1.29, 1.82) is 0 Å². The number of carbonyl (C=O) groups is 1. The number of nitrogens with one attached hydrogen (secondary N) is 1. The summed E-state index contributed by atoms with van der Waals surface area (Å²) in [4.78, 5) is 28.2. The van der Waals surface area contributed by atoms with Crippen molar-refractivity contribution in [3.63, 3.8) is 0 Å². The molecule has 2 aliphatic heterocycles. The minimum atomic E-state index is -0.994. The zero-order valence-corrected chi connectivity index (χ0v) is 17.6. The number of aromatic nitrogens is 2. The molecule has 6 rings (SSSR count). The van der Waals surface area contributed by atoms with Crippen LogP contribution in [0.5, 0.6) is 11.5 Å². The number of aromatic amines is 1. The van der Waals surface area contributed by atoms with Gasteiger partial charge in [-0.1, -0.05) is 24.3 Å². The van der Waals surface area contributed by atoms with Crippen LogP contribution in [-0.4, -0.2) is 33.2 Å². The second-order valence-corrected chi connectivity index (χ2v) is 8.84. The maximum absolute atomic E-state index is 13.0. The number of aliphatic carboxylic acids is 1. The number of pyridine rings is 1. The highest BCUT2D eigenvalue weighted by Gasteiger charge is 2.33. The van der Waals surface area contributed by atoms with Crippen LogP contribution in [0.15, 0.2) is 64.5 Å². The summed E-state index contributed by atoms with van der Waals surface area (Å²) < 4.78 is 12.3. The van der Waals surface area contributed by atoms with Crippen molar-refractivity contribution in [2.75, 3.05) is 12.5 Å². The Balaban J connectivity index is 1.57. The minimum Gasteiger partial charge on any atom is -0.480 e. The highest BCUT2D eigenvalue weighted by Crippen LogP contribution is 2.43. The first-order valence-electron chi connectivity index (χ1n) is 10.2. The summed E-state index contributed by atoms with van der Waals surface area (Å²) in [6.07, 6.45) is 2.44. The molecule has 0 spiro atoms. The van der Waals surface area contributed by atoms with Crippen LogP contribution in [-0.2, 0) is 11.2 Å². The van der Waals surface area contributed by atoms with Crippen molar-refractivity contribution in [2.45, 2.75) is 17.5 Å². The number of carboxylic acids is 1. The molecule has 2 aromatic carbocycles. The predicted octanol–water partition coefficient (Wildman–Crippen LogP) is 4.05. The fourth-order valence-electron chi connectivity index (χ4n) is 4.48. The van der Waals surface area contributed by atoms with Gasteiger partial charge in [0.05, 0.1) is 5.03 Å². The fraction of sp³-hybridized carbons (Fsp3) is 0.167. The third kappa shape index (κ3) is 2.90. The van der Waals surface area contributed by atoms with Gasteiger partial charge in [0.15, 0.2) is 11.5 Å². The van der Waals surface area contributed by atoms with E-state index in [1.165, 1.54) is 16.3 Å². The first kappa shape index (κ1) is 19.1. The SMILES string of the molecule is O=C(O)[C@@H]1CSc2c(-c3c[nH]c4ccccc34)c(Cc3ccc4c(c3)OCO4)cc(=O)n21. The number of fused-ring (bicyclic) bond motifs is 3. The lowest BCUT2D eigenvalue weighted by Gasteiger charge is -2.16. The third-order valence-electron chi connectivity index (χ3n) is 5.95. The van der Waals surface area contributed by atoms with Crippen LogP contribution >= 0.6 is 11.8 Å². The molecule has 0 amide bonds. The van der Waals surface area contributed by atoms with E-state index in [1.807, 2.05) is 48.7 Å². The quantitative estimate of drug-likeness (QED) is 0.491. The first-order chi connectivity index (χ1) is 15.6. The van der Waals surface area contributed by atoms with Crippen LogP contribution < -0.4 is 15.0 Å². The molecule has 2 N–H and O–H groups in total. The van der Waals surface area contributed by atoms with E-state index in [0.29, 0.717) is 28.7 Å². The molecule has 7 nitrogen and oxygen atoms in total. The topological polar surface area (TPSA) is 93.6 Å². The average molecular weight is 446 g/mol. The molecule has 4 heterocycles. The zero-order chi connectivity index (χ0) is 21.8. The third-order valence-corrected chi connectivity index (χ3v) is 7.11. The number of carboxylic acid groups (broad SMARTS) is 1. The number of thioether (sulfide) groups is 1. The van der Waals surface area contributed by atoms with Crippen LogP contribution in [0.4, 0.5) is 0 Å². The molecule has 2 aromatic heterocycles. The van der Waals surface area contributed by atoms with Crippen LogP contribution in [0.25, 0.3) is 22.0 Å². The van der Waals surface area contributed by atoms with Gasteiger partial charge in [0.1, 0.15) is 6.04 Å². The molecular weight excluding hydrogens is 428 g/mol. The van der Waals surface area contributed by atoms with Gasteiger partial charge in [0.2, 0.25) is 6.79 Å². The lowest BCUT2D eigenvalue weighted by molar-refractivity contribution is -0.140. The summed E-state index contributed by atoms with van der Waals surface area (Å²) in [5.74, 6) is 0.730. The van der Waals surface area contributed by atoms with Crippen molar-refractivity contribution in [3.05, 3.63) is 76.2 Å². The summed E-state index contributed by atoms with van der Waals surface area (Å²) in [5.41, 5.74) is 4.38. The molecule has 0 bridgehead atoms. The van der Waals surface area contributed by atoms with E-state index in [1.54, 1.807) is 6.07 Å². The minimum absolute atomic E-state index is 0.201. The van der Waals surface area contributed by atoms with E-state index < -0.39 is 12.0 Å². The Hall–Kier alpha value is -3.65. The lowest BCUT2D eigenvalue weighted by atomic mass is 9.95. The number of H-pyrrole nitrogens is 1. The Morgan fingerprint density at radius 2 is 2.00 bits per heavy atom. The Labute approximate surface area is 186 Å². The predicted molar refractivity (Wildman–Crippen MR) is 121 cm³/mol. The molecule has 0 radical (unpaired) electrons. The summed E-state index contributed by atoms with van der Waals surface area (Å²) in [6.45, 7) is 0.201. The number of hydrogen-bond donors (Lipinski definition) is 2. The standard InChI is InChI=1S/C24H18N2O5S/c27-21-9-14(7-13-5-6-19-20(8-13)31-12-30-19)22(23-26(21)18(11-32-23)24(28)29)16-10-25-17-4-2-1-3-15(16)17/h1-6,8-10,18,25H,7,11-12H2,(H,28,29)/t18-/m0/s1. The number of ether oxygens (including phenoxy) is 2. The number of nitrogens with zero attached hydrogens (tertiary/aromatic N) is 1. The number of hydrogen-bond acceptors (Lipinski definition) is 5. The van der Waals surface area contributed by atoms with Crippen LogP contribution in [0, 0.1) is 0 Å². The molecule has 4 aromatic rings. The summed E-state index contributed by atoms with van der Waals surface area (Å²) in [7, 11) is 0. The van der Waals surface area contributed by atoms with E-state index in [-0.39, 0.29) is 12.4 Å². The van der Waals surface area contributed by atoms with E-state index in [4.69, 9.17) is 9.47 Å². The summed E-state index contributed by atoms with van der Waals surface area (Å²) in [6, 6.07) is 14.4. The van der Waals surface area contributed by atoms with Gasteiger partial charge >= 0.3 is 5.97 Å². The first-order valence-corrected chi connectivity index (χ1v) is 11.2. The van der Waals surface area contributed by atoms with Crippen LogP contribution in [0.2, 0.25) is 0 Å². The Morgan fingerprint density at radius 1 is 1.16 bits per heavy atom. The molecule has 0 unspecified atom stereocenters. The molecule has 1 atom stereocenters. The average Bonchev–Trinajstić information content (AvgIpc) is 3.52. The van der Waals surface area contributed by atoms with E-state index in [0.717, 1.165) is 33.2 Å². The largest absolute Gasteiger partial charge is 0.480 e. The van der Waals surface area contributed by atoms with Crippen molar-refractivity contribution in [3.8, 4) is 22.6 Å². The summed E-state index contributed by atoms with van der Waals surface area (Å²) >= 11 is 1.42. The van der Waals surface area contributed by atoms with Crippen molar-refractivity contribution < 1.29 is 19.4 Å². The molecular formula is C24H18N2O5S. The maximum atomic E-state index is 13.0. The van der Waals surface area contributed by atoms with Gasteiger partial charge in [-0.2, -0.15) is 0 Å². The zero-order valence-electron chi connectivity index (χ0n) is 16.8. The van der Waals surface area contributed by atoms with E-state index in [9.17, 15) is 14.7 Å². The second-order valence-electron chi connectivity index (χ2n) is 7.84. The highest BCUT2D eigenvalue weighted by atomic mass is 32.2. The Morgan fingerprint density at radius 3 is 2.88 bits per heavy atom. The van der Waals surface area contributed by atoms with Crippen LogP contribution in [0.1, 0.15) is 17.2 Å². The molecule has 0 saturated heterocycles. The van der Waals surface area contributed by atoms with E-state index >= 15 is 0 Å². The number of para-hydroxylation sites is 1. The van der Waals surface area contributed by atoms with Gasteiger partial charge in [-0.05, 0) is 35.7 Å². The molecule has 0 saturated carbocycles. The van der Waals surface area contributed by atoms with Gasteiger partial charge in [0, 0.05) is 40.0 Å². The summed E-state index contributed by atoms with van der Waals surface area (Å²) in [5, 5.41) is 11.4. The van der Waals surface area contributed by atoms with E-state index in [2.05, 4.69) is 4.98 Å². The number of benzene rings is 2. The van der Waals surface area contributed by atoms with Crippen molar-refractivity contribution in [2.24, 2.45) is 0 Å². The van der Waals surface area contributed by atoms with Gasteiger partial charge in [-0.3, -0.25) is 9.36 Å². The van der Waals surface area contributed by atoms with Crippen LogP contribution in [0.3, 0.4) is 0 Å². The molecule has 0 fully saturated rings. The smallest absolute Gasteiger partial charge is 0.327 e. The lowest BCUT2D eigenvalue weighted by Crippen LogP contribution is -2.29. The Bertz CT molecular complexity index is 1450. The van der Waals surface area contributed by atoms with Gasteiger partial charge in [0.25, 0.3) is 5.56 Å². The molecule has 32 heavy (non-hydrogen) atoms. The Kier molecular flexibility index (Phi) is 4.29. The second kappa shape index (κ2) is 7.20. The van der Waals surface area contributed by atoms with Gasteiger partial charge in [-0.25, -0.2) is 4.79 Å². The molecule has 160 valence electrons. The maximum Gasteiger partial charge on any atom is 0.327 e. The molecule has 2 aliphatic rings. The van der Waals surface area contributed by atoms with Crippen molar-refractivity contribution in [1.82, 2.24) is 9.55 Å². The molecule has 0 aliphatic carbocycles. The fourth-order valence-corrected chi connectivity index (χ4v) is 5.83. The van der Waals surface area contributed by atoms with Gasteiger partial charge in [-0.15, -0.1) is 11.8 Å². The van der Waals surface area contributed by atoms with Crippen molar-refractivity contribution >= 4 is 28.6 Å². The highest BCUT2D eigenvalue weighted by molar-refractivity contribution is 7.99. The normalized spacial score (nSPS) is 16.4. The molecule has 8 heteroatoms.